The van der Waals surface area contributed by atoms with Crippen LogP contribution in [0.5, 0.6) is 0 Å². The van der Waals surface area contributed by atoms with Gasteiger partial charge in [0.1, 0.15) is 16.8 Å². The zero-order valence-corrected chi connectivity index (χ0v) is 10.6. The van der Waals surface area contributed by atoms with E-state index in [0.717, 1.165) is 18.7 Å². The molecule has 3 nitrogen and oxygen atoms in total. The summed E-state index contributed by atoms with van der Waals surface area (Å²) in [6.45, 7) is 2.22. The fraction of sp³-hybridized carbons (Fsp3) is 0.667. The molecule has 1 heterocycles. The van der Waals surface area contributed by atoms with Crippen LogP contribution in [0.25, 0.3) is 0 Å². The van der Waals surface area contributed by atoms with Crippen LogP contribution in [0.1, 0.15) is 51.3 Å². The van der Waals surface area contributed by atoms with Crippen LogP contribution < -0.4 is 5.73 Å². The van der Waals surface area contributed by atoms with Gasteiger partial charge in [-0.3, -0.25) is 0 Å². The molecule has 0 unspecified atom stereocenters. The first-order valence-corrected chi connectivity index (χ1v) is 6.39. The predicted molar refractivity (Wildman–Crippen MR) is 68.5 cm³/mol. The maximum Gasteiger partial charge on any atom is 0.134 e. The van der Waals surface area contributed by atoms with Crippen LogP contribution in [-0.4, -0.2) is 9.97 Å². The summed E-state index contributed by atoms with van der Waals surface area (Å²) >= 11 is 5.80. The second-order valence-corrected chi connectivity index (χ2v) is 4.44. The summed E-state index contributed by atoms with van der Waals surface area (Å²) in [6.07, 6.45) is 8.46. The molecule has 90 valence electrons. The Hall–Kier alpha value is -0.830. The van der Waals surface area contributed by atoms with E-state index in [-0.39, 0.29) is 0 Å². The minimum Gasteiger partial charge on any atom is -0.384 e. The highest BCUT2D eigenvalue weighted by Gasteiger charge is 2.00. The third-order valence-corrected chi connectivity index (χ3v) is 2.71. The molecular formula is C12H20ClN3. The Morgan fingerprint density at radius 2 is 1.81 bits per heavy atom. The summed E-state index contributed by atoms with van der Waals surface area (Å²) in [5.41, 5.74) is 5.59. The molecule has 0 atom stereocenters. The Balaban J connectivity index is 2.21. The molecule has 0 aliphatic carbocycles. The Labute approximate surface area is 102 Å². The number of halogens is 1. The normalized spacial score (nSPS) is 10.6. The molecule has 16 heavy (non-hydrogen) atoms. The topological polar surface area (TPSA) is 51.8 Å². The van der Waals surface area contributed by atoms with Gasteiger partial charge in [0.2, 0.25) is 0 Å². The monoisotopic (exact) mass is 241 g/mol. The van der Waals surface area contributed by atoms with Crippen molar-refractivity contribution in [1.29, 1.82) is 0 Å². The van der Waals surface area contributed by atoms with Crippen molar-refractivity contribution in [2.45, 2.75) is 51.9 Å². The third-order valence-electron chi connectivity index (χ3n) is 2.51. The van der Waals surface area contributed by atoms with Gasteiger partial charge in [0.25, 0.3) is 0 Å². The van der Waals surface area contributed by atoms with Gasteiger partial charge in [-0.05, 0) is 6.42 Å². The molecule has 2 N–H and O–H groups in total. The molecule has 0 saturated carbocycles. The van der Waals surface area contributed by atoms with Crippen LogP contribution >= 0.6 is 11.6 Å². The number of anilines is 1. The maximum absolute atomic E-state index is 5.80. The summed E-state index contributed by atoms with van der Waals surface area (Å²) in [6, 6.07) is 1.58. The number of nitrogen functional groups attached to an aromatic ring is 1. The molecule has 0 fully saturated rings. The third kappa shape index (κ3) is 5.31. The summed E-state index contributed by atoms with van der Waals surface area (Å²) in [4.78, 5) is 8.29. The van der Waals surface area contributed by atoms with Crippen molar-refractivity contribution >= 4 is 17.4 Å². The molecule has 1 rings (SSSR count). The smallest absolute Gasteiger partial charge is 0.134 e. The highest BCUT2D eigenvalue weighted by molar-refractivity contribution is 6.29. The first-order valence-electron chi connectivity index (χ1n) is 6.01. The maximum atomic E-state index is 5.80. The Bertz CT molecular complexity index is 295. The van der Waals surface area contributed by atoms with Crippen LogP contribution in [0.15, 0.2) is 6.07 Å². The number of aryl methyl sites for hydroxylation is 1. The Morgan fingerprint density at radius 1 is 1.12 bits per heavy atom. The lowest BCUT2D eigenvalue weighted by Gasteiger charge is -2.02. The zero-order chi connectivity index (χ0) is 11.8. The van der Waals surface area contributed by atoms with Crippen LogP contribution in [0.4, 0.5) is 5.82 Å². The first kappa shape index (κ1) is 13.2. The van der Waals surface area contributed by atoms with E-state index in [1.165, 1.54) is 32.1 Å². The molecule has 0 aliphatic rings. The highest BCUT2D eigenvalue weighted by Crippen LogP contribution is 2.11. The molecule has 0 radical (unpaired) electrons. The fourth-order valence-electron chi connectivity index (χ4n) is 1.66. The van der Waals surface area contributed by atoms with E-state index < -0.39 is 0 Å². The Morgan fingerprint density at radius 3 is 2.50 bits per heavy atom. The highest BCUT2D eigenvalue weighted by atomic mass is 35.5. The van der Waals surface area contributed by atoms with E-state index in [4.69, 9.17) is 17.3 Å². The average Bonchev–Trinajstić information content (AvgIpc) is 2.22. The quantitative estimate of drug-likeness (QED) is 0.586. The van der Waals surface area contributed by atoms with Gasteiger partial charge < -0.3 is 5.73 Å². The number of aromatic nitrogens is 2. The number of nitrogens with two attached hydrogens (primary N) is 1. The number of hydrogen-bond acceptors (Lipinski definition) is 3. The Kier molecular flexibility index (Phi) is 6.16. The predicted octanol–water partition coefficient (Wildman–Crippen LogP) is 3.62. The van der Waals surface area contributed by atoms with Crippen LogP contribution in [0.2, 0.25) is 5.15 Å². The van der Waals surface area contributed by atoms with Gasteiger partial charge in [0, 0.05) is 12.5 Å². The van der Waals surface area contributed by atoms with Crippen LogP contribution in [0.3, 0.4) is 0 Å². The molecule has 1 aromatic heterocycles. The molecule has 1 aromatic rings. The number of rotatable bonds is 7. The number of nitrogens with zero attached hydrogens (tertiary/aromatic N) is 2. The van der Waals surface area contributed by atoms with Crippen LogP contribution in [-0.2, 0) is 6.42 Å². The van der Waals surface area contributed by atoms with E-state index in [1.54, 1.807) is 6.07 Å². The standard InChI is InChI=1S/C12H20ClN3/c1-2-3-4-5-6-7-8-12-15-10(13)9-11(14)16-12/h9H,2-8H2,1H3,(H2,14,15,16). The fourth-order valence-corrected chi connectivity index (χ4v) is 1.87. The molecule has 0 aromatic carbocycles. The van der Waals surface area contributed by atoms with Crippen molar-refractivity contribution < 1.29 is 0 Å². The van der Waals surface area contributed by atoms with Gasteiger partial charge in [-0.1, -0.05) is 50.6 Å². The van der Waals surface area contributed by atoms with Crippen molar-refractivity contribution in [2.75, 3.05) is 5.73 Å². The largest absolute Gasteiger partial charge is 0.384 e. The lowest BCUT2D eigenvalue weighted by molar-refractivity contribution is 0.601. The SMILES string of the molecule is CCCCCCCCc1nc(N)cc(Cl)n1. The molecule has 0 aliphatic heterocycles. The summed E-state index contributed by atoms with van der Waals surface area (Å²) in [5, 5.41) is 0.438. The van der Waals surface area contributed by atoms with E-state index in [0.29, 0.717) is 11.0 Å². The summed E-state index contributed by atoms with van der Waals surface area (Å²) in [7, 11) is 0. The van der Waals surface area contributed by atoms with Gasteiger partial charge in [-0.2, -0.15) is 0 Å². The minimum atomic E-state index is 0.438. The average molecular weight is 242 g/mol. The zero-order valence-electron chi connectivity index (χ0n) is 9.88. The second kappa shape index (κ2) is 7.44. The van der Waals surface area contributed by atoms with Gasteiger partial charge in [-0.25, -0.2) is 9.97 Å². The van der Waals surface area contributed by atoms with Gasteiger partial charge in [0.05, 0.1) is 0 Å². The van der Waals surface area contributed by atoms with Gasteiger partial charge in [0.15, 0.2) is 0 Å². The van der Waals surface area contributed by atoms with Crippen LogP contribution in [0, 0.1) is 0 Å². The number of unbranched alkanes of at least 4 members (excludes halogenated alkanes) is 5. The first-order chi connectivity index (χ1) is 7.72. The molecule has 0 amide bonds. The van der Waals surface area contributed by atoms with Crippen molar-refractivity contribution in [3.8, 4) is 0 Å². The molecule has 4 heteroatoms. The van der Waals surface area contributed by atoms with Crippen molar-refractivity contribution in [2.24, 2.45) is 0 Å². The van der Waals surface area contributed by atoms with Crippen molar-refractivity contribution in [3.63, 3.8) is 0 Å². The van der Waals surface area contributed by atoms with E-state index >= 15 is 0 Å². The lowest BCUT2D eigenvalue weighted by Crippen LogP contribution is -1.99. The van der Waals surface area contributed by atoms with E-state index in [2.05, 4.69) is 16.9 Å². The van der Waals surface area contributed by atoms with Crippen molar-refractivity contribution in [1.82, 2.24) is 9.97 Å². The summed E-state index contributed by atoms with van der Waals surface area (Å²) in [5.74, 6) is 1.22. The molecule has 0 spiro atoms. The van der Waals surface area contributed by atoms with Gasteiger partial charge >= 0.3 is 0 Å². The minimum absolute atomic E-state index is 0.438. The van der Waals surface area contributed by atoms with E-state index in [1.807, 2.05) is 0 Å². The molecule has 0 saturated heterocycles. The lowest BCUT2D eigenvalue weighted by atomic mass is 10.1. The summed E-state index contributed by atoms with van der Waals surface area (Å²) < 4.78 is 0. The van der Waals surface area contributed by atoms with Crippen molar-refractivity contribution in [3.05, 3.63) is 17.0 Å². The number of hydrogen-bond donors (Lipinski definition) is 1. The second-order valence-electron chi connectivity index (χ2n) is 4.05. The molecule has 0 bridgehead atoms. The van der Waals surface area contributed by atoms with E-state index in [9.17, 15) is 0 Å². The molecular weight excluding hydrogens is 222 g/mol. The van der Waals surface area contributed by atoms with Gasteiger partial charge in [-0.15, -0.1) is 0 Å².